The van der Waals surface area contributed by atoms with E-state index in [0.29, 0.717) is 0 Å². The minimum atomic E-state index is -4.61. The van der Waals surface area contributed by atoms with E-state index < -0.39 is 54.5 Å². The molecule has 1 aromatic carbocycles. The number of hydrogen-bond donors (Lipinski definition) is 4. The van der Waals surface area contributed by atoms with Crippen molar-refractivity contribution in [2.75, 3.05) is 12.3 Å². The summed E-state index contributed by atoms with van der Waals surface area (Å²) in [6.45, 7) is 4.38. The number of nitrogens with two attached hydrogens (primary N) is 1. The van der Waals surface area contributed by atoms with Crippen LogP contribution in [0.25, 0.3) is 0 Å². The maximum absolute atomic E-state index is 14.8. The van der Waals surface area contributed by atoms with Crippen molar-refractivity contribution >= 4 is 31.3 Å². The number of thioether (sulfide) groups is 1. The van der Waals surface area contributed by atoms with Crippen molar-refractivity contribution in [3.63, 3.8) is 0 Å². The fourth-order valence-electron chi connectivity index (χ4n) is 3.24. The number of alkyl halides is 1. The molecule has 1 fully saturated rings. The van der Waals surface area contributed by atoms with Gasteiger partial charge in [-0.1, -0.05) is 16.8 Å². The van der Waals surface area contributed by atoms with Crippen LogP contribution in [0.5, 0.6) is 11.5 Å². The summed E-state index contributed by atoms with van der Waals surface area (Å²) in [4.78, 5) is 42.5. The SMILES string of the molecule is CC(C)OC(=O)[C@H](C)NP(=O)(O)OOc1ccccc1OC[C@H]1S[C@@H](n2ccc(N)nc2=O)[C@@H](F)[C@@H]1O. The Balaban J connectivity index is 1.61. The number of para-hydroxylation sites is 2. The van der Waals surface area contributed by atoms with Crippen LogP contribution in [0.2, 0.25) is 0 Å². The molecule has 1 unspecified atom stereocenters. The number of halogens is 1. The molecule has 2 heterocycles. The molecule has 0 bridgehead atoms. The number of nitrogens with zero attached hydrogens (tertiary/aromatic N) is 2. The van der Waals surface area contributed by atoms with Gasteiger partial charge in [0, 0.05) is 6.20 Å². The highest BCUT2D eigenvalue weighted by Gasteiger charge is 2.45. The van der Waals surface area contributed by atoms with Crippen molar-refractivity contribution in [3.05, 3.63) is 47.0 Å². The molecule has 0 spiro atoms. The zero-order valence-corrected chi connectivity index (χ0v) is 21.8. The highest BCUT2D eigenvalue weighted by atomic mass is 32.2. The van der Waals surface area contributed by atoms with Crippen molar-refractivity contribution in [2.24, 2.45) is 0 Å². The molecule has 16 heteroatoms. The summed E-state index contributed by atoms with van der Waals surface area (Å²) in [6, 6.07) is 6.14. The molecule has 0 saturated carbocycles. The Morgan fingerprint density at radius 3 is 2.62 bits per heavy atom. The second kappa shape index (κ2) is 12.2. The minimum absolute atomic E-state index is 0.00788. The van der Waals surface area contributed by atoms with E-state index in [4.69, 9.17) is 20.1 Å². The van der Waals surface area contributed by atoms with Crippen LogP contribution < -0.4 is 26.1 Å². The summed E-state index contributed by atoms with van der Waals surface area (Å²) in [7, 11) is -4.61. The van der Waals surface area contributed by atoms with E-state index in [1.54, 1.807) is 19.9 Å². The number of carbonyl (C=O) groups is 1. The number of benzene rings is 1. The number of aromatic nitrogens is 2. The van der Waals surface area contributed by atoms with E-state index in [1.165, 1.54) is 37.4 Å². The number of anilines is 1. The number of hydrogen-bond acceptors (Lipinski definition) is 11. The first-order valence-electron chi connectivity index (χ1n) is 11.1. The van der Waals surface area contributed by atoms with Crippen LogP contribution >= 0.6 is 19.5 Å². The van der Waals surface area contributed by atoms with Crippen molar-refractivity contribution in [1.29, 1.82) is 0 Å². The van der Waals surface area contributed by atoms with Crippen LogP contribution in [0.15, 0.2) is 41.3 Å². The van der Waals surface area contributed by atoms with Crippen LogP contribution in [-0.4, -0.2) is 61.8 Å². The summed E-state index contributed by atoms with van der Waals surface area (Å²) in [5, 5.41) is 10.6. The summed E-state index contributed by atoms with van der Waals surface area (Å²) >= 11 is 0.978. The third-order valence-electron chi connectivity index (χ3n) is 4.96. The largest absolute Gasteiger partial charge is 0.488 e. The van der Waals surface area contributed by atoms with Gasteiger partial charge < -0.3 is 30.1 Å². The first-order chi connectivity index (χ1) is 17.4. The number of nitrogens with one attached hydrogen (secondary N) is 1. The van der Waals surface area contributed by atoms with Crippen molar-refractivity contribution in [3.8, 4) is 11.5 Å². The normalized spacial score (nSPS) is 23.9. The first-order valence-corrected chi connectivity index (χ1v) is 13.6. The number of aliphatic hydroxyl groups excluding tert-OH is 1. The lowest BCUT2D eigenvalue weighted by Gasteiger charge is -2.19. The van der Waals surface area contributed by atoms with Crippen LogP contribution in [0.3, 0.4) is 0 Å². The number of ether oxygens (including phenoxy) is 2. The number of carbonyl (C=O) groups excluding carboxylic acids is 1. The second-order valence-electron chi connectivity index (χ2n) is 8.31. The van der Waals surface area contributed by atoms with E-state index >= 15 is 0 Å². The van der Waals surface area contributed by atoms with Gasteiger partial charge in [-0.2, -0.15) is 4.98 Å². The summed E-state index contributed by atoms with van der Waals surface area (Å²) < 4.78 is 43.4. The monoisotopic (exact) mass is 562 g/mol. The quantitative estimate of drug-likeness (QED) is 0.134. The number of nitrogen functional groups attached to an aromatic ring is 1. The lowest BCUT2D eigenvalue weighted by molar-refractivity contribution is -0.149. The van der Waals surface area contributed by atoms with Crippen molar-refractivity contribution < 1.29 is 42.8 Å². The first kappa shape index (κ1) is 28.9. The van der Waals surface area contributed by atoms with E-state index in [2.05, 4.69) is 14.7 Å². The molecule has 37 heavy (non-hydrogen) atoms. The Hall–Kier alpha value is -2.68. The van der Waals surface area contributed by atoms with Gasteiger partial charge in [0.2, 0.25) is 5.75 Å². The van der Waals surface area contributed by atoms with Gasteiger partial charge in [-0.25, -0.2) is 18.8 Å². The average Bonchev–Trinajstić information content (AvgIpc) is 3.09. The third kappa shape index (κ3) is 7.66. The van der Waals surface area contributed by atoms with Crippen LogP contribution in [0.4, 0.5) is 10.2 Å². The predicted molar refractivity (Wildman–Crippen MR) is 132 cm³/mol. The van der Waals surface area contributed by atoms with Gasteiger partial charge in [0.05, 0.1) is 11.4 Å². The Morgan fingerprint density at radius 2 is 1.97 bits per heavy atom. The number of rotatable bonds is 11. The Kier molecular flexibility index (Phi) is 9.56. The molecular formula is C21H28FN4O9PS. The molecular weight excluding hydrogens is 534 g/mol. The van der Waals surface area contributed by atoms with Crippen molar-refractivity contribution in [2.45, 2.75) is 55.8 Å². The minimum Gasteiger partial charge on any atom is -0.488 e. The Bertz CT molecular complexity index is 1200. The van der Waals surface area contributed by atoms with Gasteiger partial charge in [0.1, 0.15) is 29.9 Å². The molecule has 0 aliphatic carbocycles. The van der Waals surface area contributed by atoms with Crippen LogP contribution in [0.1, 0.15) is 26.1 Å². The van der Waals surface area contributed by atoms with Gasteiger partial charge >= 0.3 is 19.4 Å². The van der Waals surface area contributed by atoms with Gasteiger partial charge in [-0.3, -0.25) is 9.36 Å². The molecule has 1 aliphatic rings. The zero-order valence-electron chi connectivity index (χ0n) is 20.1. The van der Waals surface area contributed by atoms with Crippen molar-refractivity contribution in [1.82, 2.24) is 14.6 Å². The lowest BCUT2D eigenvalue weighted by Crippen LogP contribution is -2.35. The molecule has 6 atom stereocenters. The molecule has 5 N–H and O–H groups in total. The number of aliphatic hydroxyl groups is 1. The summed E-state index contributed by atoms with van der Waals surface area (Å²) in [5.41, 5.74) is 4.72. The highest BCUT2D eigenvalue weighted by Crippen LogP contribution is 2.44. The standard InChI is InChI=1S/C21H28FN4O9PS/c1-11(2)33-20(28)12(3)25-36(30,31)35-34-14-7-5-4-6-13(14)32-10-15-18(27)17(22)19(37-15)26-9-8-16(23)24-21(26)29/h4-9,11-12,15,17-19,27H,10H2,1-3H3,(H2,23,24,29)(H2,25,30,31)/t12-,15+,17-,18+,19+/m0/s1. The molecule has 13 nitrogen and oxygen atoms in total. The maximum Gasteiger partial charge on any atom is 0.440 e. The van der Waals surface area contributed by atoms with Crippen LogP contribution in [0, 0.1) is 0 Å². The second-order valence-corrected chi connectivity index (χ2v) is 11.1. The average molecular weight is 563 g/mol. The molecule has 0 radical (unpaired) electrons. The lowest BCUT2D eigenvalue weighted by atomic mass is 10.1. The van der Waals surface area contributed by atoms with Crippen LogP contribution in [-0.2, 0) is 18.8 Å². The van der Waals surface area contributed by atoms with E-state index in [9.17, 15) is 28.5 Å². The van der Waals surface area contributed by atoms with Gasteiger partial charge in [-0.15, -0.1) is 11.8 Å². The van der Waals surface area contributed by atoms with E-state index in [-0.39, 0.29) is 23.9 Å². The molecule has 1 aromatic heterocycles. The molecule has 1 saturated heterocycles. The predicted octanol–water partition coefficient (Wildman–Crippen LogP) is 1.56. The molecule has 0 amide bonds. The molecule has 204 valence electrons. The third-order valence-corrected chi connectivity index (χ3v) is 7.48. The van der Waals surface area contributed by atoms with Gasteiger partial charge in [-0.05, 0) is 39.0 Å². The summed E-state index contributed by atoms with van der Waals surface area (Å²) in [6.07, 6.45) is -2.36. The molecule has 2 aromatic rings. The molecule has 1 aliphatic heterocycles. The fraction of sp³-hybridized carbons (Fsp3) is 0.476. The van der Waals surface area contributed by atoms with Gasteiger partial charge in [0.15, 0.2) is 11.9 Å². The smallest absolute Gasteiger partial charge is 0.440 e. The Morgan fingerprint density at radius 1 is 1.30 bits per heavy atom. The van der Waals surface area contributed by atoms with Gasteiger partial charge in [0.25, 0.3) is 0 Å². The van der Waals surface area contributed by atoms with E-state index in [1.807, 2.05) is 0 Å². The van der Waals surface area contributed by atoms with E-state index in [0.717, 1.165) is 16.3 Å². The Labute approximate surface area is 215 Å². The zero-order chi connectivity index (χ0) is 27.3. The highest BCUT2D eigenvalue weighted by molar-refractivity contribution is 8.00. The maximum atomic E-state index is 14.8. The summed E-state index contributed by atoms with van der Waals surface area (Å²) in [5.74, 6) is -0.800. The molecule has 3 rings (SSSR count). The fourth-order valence-corrected chi connectivity index (χ4v) is 5.48. The topological polar surface area (TPSA) is 184 Å². The number of esters is 1.